The third-order valence-corrected chi connectivity index (χ3v) is 8.05. The van der Waals surface area contributed by atoms with Gasteiger partial charge in [0, 0.05) is 19.0 Å². The Morgan fingerprint density at radius 1 is 0.690 bits per heavy atom. The van der Waals surface area contributed by atoms with Gasteiger partial charge in [0.25, 0.3) is 0 Å². The van der Waals surface area contributed by atoms with Crippen LogP contribution in [0.25, 0.3) is 0 Å². The molecule has 3 fully saturated rings. The highest BCUT2D eigenvalue weighted by Crippen LogP contribution is 2.38. The SMILES string of the molecule is CC(C)(C)OC(=O)N1C[C@H](C2CCCCC2)C[C@H]1C(=O)O.CC(C)(C)OC(=O)N1C[C@H](c2ccccc2)C[C@H]1C(=O)O. The summed E-state index contributed by atoms with van der Waals surface area (Å²) < 4.78 is 10.7. The van der Waals surface area contributed by atoms with Crippen molar-refractivity contribution in [1.29, 1.82) is 0 Å². The fourth-order valence-corrected chi connectivity index (χ4v) is 6.13. The van der Waals surface area contributed by atoms with Crippen molar-refractivity contribution in [2.24, 2.45) is 11.8 Å². The number of amides is 2. The molecular weight excluding hydrogens is 540 g/mol. The zero-order valence-corrected chi connectivity index (χ0v) is 25.9. The van der Waals surface area contributed by atoms with Gasteiger partial charge in [-0.15, -0.1) is 0 Å². The van der Waals surface area contributed by atoms with Gasteiger partial charge in [-0.05, 0) is 71.8 Å². The van der Waals surface area contributed by atoms with Crippen LogP contribution < -0.4 is 0 Å². The lowest BCUT2D eigenvalue weighted by Gasteiger charge is -2.28. The van der Waals surface area contributed by atoms with Crippen LogP contribution in [-0.4, -0.2) is 80.5 Å². The minimum atomic E-state index is -0.987. The maximum absolute atomic E-state index is 12.2. The number of aliphatic carboxylic acids is 2. The lowest BCUT2D eigenvalue weighted by molar-refractivity contribution is -0.142. The third-order valence-electron chi connectivity index (χ3n) is 8.05. The Morgan fingerprint density at radius 2 is 1.17 bits per heavy atom. The molecule has 4 atom stereocenters. The van der Waals surface area contributed by atoms with Crippen LogP contribution in [0.4, 0.5) is 9.59 Å². The molecule has 0 aromatic heterocycles. The van der Waals surface area contributed by atoms with E-state index in [4.69, 9.17) is 9.47 Å². The van der Waals surface area contributed by atoms with Gasteiger partial charge < -0.3 is 19.7 Å². The Labute approximate surface area is 249 Å². The monoisotopic (exact) mass is 588 g/mol. The topological polar surface area (TPSA) is 134 Å². The molecule has 0 spiro atoms. The third kappa shape index (κ3) is 9.36. The lowest BCUT2D eigenvalue weighted by Crippen LogP contribution is -2.43. The average molecular weight is 589 g/mol. The van der Waals surface area contributed by atoms with Crippen molar-refractivity contribution in [2.75, 3.05) is 13.1 Å². The number of nitrogens with zero attached hydrogens (tertiary/aromatic N) is 2. The van der Waals surface area contributed by atoms with Crippen LogP contribution >= 0.6 is 0 Å². The standard InChI is InChI=1S/C16H27NO4.C16H21NO4/c2*1-16(2,3)21-15(20)17-10-12(9-13(17)14(18)19)11-7-5-4-6-8-11/h11-13H,4-10H2,1-3H3,(H,18,19);4-8,12-13H,9-10H2,1-3H3,(H,18,19)/t2*12-,13+/m11/s1. The summed E-state index contributed by atoms with van der Waals surface area (Å²) in [7, 11) is 0. The number of ether oxygens (including phenoxy) is 2. The summed E-state index contributed by atoms with van der Waals surface area (Å²) in [5.74, 6) is -1.01. The van der Waals surface area contributed by atoms with E-state index < -0.39 is 47.4 Å². The molecule has 10 nitrogen and oxygen atoms in total. The normalized spacial score (nSPS) is 24.9. The summed E-state index contributed by atoms with van der Waals surface area (Å²) in [6.07, 6.45) is 6.00. The van der Waals surface area contributed by atoms with E-state index in [2.05, 4.69) is 0 Å². The Hall–Kier alpha value is -3.30. The van der Waals surface area contributed by atoms with Crippen LogP contribution in [-0.2, 0) is 19.1 Å². The van der Waals surface area contributed by atoms with Crippen molar-refractivity contribution in [3.8, 4) is 0 Å². The number of carbonyl (C=O) groups excluding carboxylic acids is 2. The van der Waals surface area contributed by atoms with E-state index in [0.29, 0.717) is 37.8 Å². The Bertz CT molecular complexity index is 1090. The van der Waals surface area contributed by atoms with Crippen LogP contribution in [0.15, 0.2) is 30.3 Å². The predicted molar refractivity (Wildman–Crippen MR) is 157 cm³/mol. The molecular formula is C32H48N2O8. The first kappa shape index (κ1) is 33.2. The number of carboxylic acids is 2. The second kappa shape index (κ2) is 13.8. The summed E-state index contributed by atoms with van der Waals surface area (Å²) in [4.78, 5) is 50.1. The van der Waals surface area contributed by atoms with Gasteiger partial charge >= 0.3 is 24.1 Å². The molecule has 2 aliphatic heterocycles. The van der Waals surface area contributed by atoms with Gasteiger partial charge in [-0.25, -0.2) is 19.2 Å². The number of carboxylic acid groups (broad SMARTS) is 2. The number of rotatable bonds is 4. The van der Waals surface area contributed by atoms with Crippen LogP contribution in [0.5, 0.6) is 0 Å². The molecule has 0 bridgehead atoms. The van der Waals surface area contributed by atoms with E-state index in [1.165, 1.54) is 41.9 Å². The van der Waals surface area contributed by atoms with Gasteiger partial charge in [-0.2, -0.15) is 0 Å². The molecule has 2 saturated heterocycles. The number of hydrogen-bond acceptors (Lipinski definition) is 6. The zero-order chi connectivity index (χ0) is 31.2. The molecule has 1 saturated carbocycles. The second-order valence-electron chi connectivity index (χ2n) is 13.7. The summed E-state index contributed by atoms with van der Waals surface area (Å²) in [6.45, 7) is 11.6. The van der Waals surface area contributed by atoms with Crippen molar-refractivity contribution in [3.63, 3.8) is 0 Å². The molecule has 2 N–H and O–H groups in total. The zero-order valence-electron chi connectivity index (χ0n) is 25.9. The predicted octanol–water partition coefficient (Wildman–Crippen LogP) is 6.14. The first-order chi connectivity index (χ1) is 19.6. The quantitative estimate of drug-likeness (QED) is 0.428. The molecule has 2 heterocycles. The highest BCUT2D eigenvalue weighted by Gasteiger charge is 2.44. The number of hydrogen-bond donors (Lipinski definition) is 2. The van der Waals surface area contributed by atoms with E-state index in [1.807, 2.05) is 30.3 Å². The van der Waals surface area contributed by atoms with Crippen molar-refractivity contribution in [2.45, 2.75) is 116 Å². The van der Waals surface area contributed by atoms with Gasteiger partial charge in [0.1, 0.15) is 23.3 Å². The molecule has 42 heavy (non-hydrogen) atoms. The molecule has 4 rings (SSSR count). The smallest absolute Gasteiger partial charge is 0.411 e. The first-order valence-corrected chi connectivity index (χ1v) is 15.1. The van der Waals surface area contributed by atoms with E-state index >= 15 is 0 Å². The molecule has 10 heteroatoms. The Balaban J connectivity index is 0.000000230. The lowest BCUT2D eigenvalue weighted by atomic mass is 9.79. The molecule has 0 unspecified atom stereocenters. The fourth-order valence-electron chi connectivity index (χ4n) is 6.13. The highest BCUT2D eigenvalue weighted by atomic mass is 16.6. The van der Waals surface area contributed by atoms with Crippen molar-refractivity contribution in [3.05, 3.63) is 35.9 Å². The van der Waals surface area contributed by atoms with Crippen molar-refractivity contribution >= 4 is 24.1 Å². The van der Waals surface area contributed by atoms with Crippen molar-refractivity contribution < 1.29 is 38.9 Å². The number of benzene rings is 1. The van der Waals surface area contributed by atoms with E-state index in [9.17, 15) is 29.4 Å². The van der Waals surface area contributed by atoms with Gasteiger partial charge in [-0.3, -0.25) is 9.80 Å². The Kier molecular flexibility index (Phi) is 10.9. The minimum Gasteiger partial charge on any atom is -0.480 e. The molecule has 1 aliphatic carbocycles. The molecule has 234 valence electrons. The molecule has 1 aromatic carbocycles. The minimum absolute atomic E-state index is 0.0276. The molecule has 0 radical (unpaired) electrons. The van der Waals surface area contributed by atoms with E-state index in [1.54, 1.807) is 41.5 Å². The maximum Gasteiger partial charge on any atom is 0.411 e. The average Bonchev–Trinajstić information content (AvgIpc) is 3.55. The summed E-state index contributed by atoms with van der Waals surface area (Å²) in [5, 5.41) is 18.7. The fraction of sp³-hybridized carbons (Fsp3) is 0.688. The van der Waals surface area contributed by atoms with Crippen LogP contribution in [0.1, 0.15) is 98.0 Å². The number of carbonyl (C=O) groups is 4. The van der Waals surface area contributed by atoms with E-state index in [0.717, 1.165) is 5.56 Å². The maximum atomic E-state index is 12.2. The molecule has 2 amide bonds. The molecule has 3 aliphatic rings. The van der Waals surface area contributed by atoms with Gasteiger partial charge in [0.2, 0.25) is 0 Å². The Morgan fingerprint density at radius 3 is 1.64 bits per heavy atom. The van der Waals surface area contributed by atoms with Gasteiger partial charge in [0.15, 0.2) is 0 Å². The van der Waals surface area contributed by atoms with Gasteiger partial charge in [0.05, 0.1) is 0 Å². The largest absolute Gasteiger partial charge is 0.480 e. The summed E-state index contributed by atoms with van der Waals surface area (Å²) in [5.41, 5.74) is -0.177. The van der Waals surface area contributed by atoms with Gasteiger partial charge in [-0.1, -0.05) is 62.4 Å². The van der Waals surface area contributed by atoms with E-state index in [-0.39, 0.29) is 5.92 Å². The van der Waals surface area contributed by atoms with Crippen LogP contribution in [0.2, 0.25) is 0 Å². The first-order valence-electron chi connectivity index (χ1n) is 15.1. The molecule has 1 aromatic rings. The number of likely N-dealkylation sites (tertiary alicyclic amines) is 2. The summed E-state index contributed by atoms with van der Waals surface area (Å²) in [6, 6.07) is 8.11. The highest BCUT2D eigenvalue weighted by molar-refractivity contribution is 5.81. The second-order valence-corrected chi connectivity index (χ2v) is 13.7. The summed E-state index contributed by atoms with van der Waals surface area (Å²) >= 11 is 0. The van der Waals surface area contributed by atoms with Crippen LogP contribution in [0, 0.1) is 11.8 Å². The van der Waals surface area contributed by atoms with Crippen molar-refractivity contribution in [1.82, 2.24) is 9.80 Å². The van der Waals surface area contributed by atoms with Crippen LogP contribution in [0.3, 0.4) is 0 Å².